The summed E-state index contributed by atoms with van der Waals surface area (Å²) < 4.78 is 33.1. The summed E-state index contributed by atoms with van der Waals surface area (Å²) >= 11 is 0. The van der Waals surface area contributed by atoms with Gasteiger partial charge in [-0.15, -0.1) is 0 Å². The van der Waals surface area contributed by atoms with Gasteiger partial charge in [0.25, 0.3) is 0 Å². The number of hydrogen-bond donors (Lipinski definition) is 3. The molecule has 0 spiro atoms. The number of aliphatic hydroxyl groups excluding tert-OH is 2. The first kappa shape index (κ1) is 43.9. The first-order valence-electron chi connectivity index (χ1n) is 17.8. The Kier molecular flexibility index (Phi) is 32.1. The topological polar surface area (TPSA) is 132 Å². The zero-order valence-electron chi connectivity index (χ0n) is 28.6. The number of ether oxygens (including phenoxy) is 2. The van der Waals surface area contributed by atoms with Crippen LogP contribution in [0.1, 0.15) is 149 Å². The molecule has 0 heterocycles. The molecule has 0 aliphatic carbocycles. The molecule has 0 radical (unpaired) electrons. The predicted molar refractivity (Wildman–Crippen MR) is 182 cm³/mol. The summed E-state index contributed by atoms with van der Waals surface area (Å²) in [6, 6.07) is 0. The van der Waals surface area contributed by atoms with Gasteiger partial charge in [0.15, 0.2) is 0 Å². The molecule has 3 N–H and O–H groups in total. The van der Waals surface area contributed by atoms with Crippen LogP contribution in [0.4, 0.5) is 0 Å². The van der Waals surface area contributed by atoms with Crippen LogP contribution in [0.2, 0.25) is 0 Å². The summed E-state index contributed by atoms with van der Waals surface area (Å²) in [7, 11) is -4.51. The average Bonchev–Trinajstić information content (AvgIpc) is 3.03. The van der Waals surface area contributed by atoms with Gasteiger partial charge in [-0.25, -0.2) is 4.57 Å². The second kappa shape index (κ2) is 32.9. The Balaban J connectivity index is 4.28. The van der Waals surface area contributed by atoms with Gasteiger partial charge in [-0.3, -0.25) is 13.8 Å². The van der Waals surface area contributed by atoms with Crippen molar-refractivity contribution in [2.45, 2.75) is 161 Å². The Bertz CT molecular complexity index is 759. The third-order valence-corrected chi connectivity index (χ3v) is 8.31. The summed E-state index contributed by atoms with van der Waals surface area (Å²) in [4.78, 5) is 22.4. The van der Waals surface area contributed by atoms with Crippen molar-refractivity contribution in [2.75, 3.05) is 33.0 Å². The molecule has 3 unspecified atom stereocenters. The summed E-state index contributed by atoms with van der Waals surface area (Å²) in [6.07, 6.45) is 29.9. The van der Waals surface area contributed by atoms with E-state index >= 15 is 0 Å². The standard InChI is InChI=1S/C35H67O9P/c1-3-5-7-9-11-13-15-16-18-20-22-24-26-28-41-31-34(32-43-45(39,40)42-30-33(37)29-36)44-35(38)27-25-23-21-19-17-14-12-10-8-6-4-2/h10-13,33-34,36-37H,3-9,14-32H2,1-2H3,(H,39,40)/b12-10-,13-11-. The zero-order chi connectivity index (χ0) is 33.3. The molecule has 0 rings (SSSR count). The lowest BCUT2D eigenvalue weighted by Gasteiger charge is -2.20. The molecule has 0 aromatic carbocycles. The molecule has 0 saturated heterocycles. The number of hydrogen-bond acceptors (Lipinski definition) is 8. The van der Waals surface area contributed by atoms with Gasteiger partial charge < -0.3 is 24.6 Å². The van der Waals surface area contributed by atoms with Gasteiger partial charge in [0.2, 0.25) is 0 Å². The van der Waals surface area contributed by atoms with Crippen molar-refractivity contribution in [2.24, 2.45) is 0 Å². The fourth-order valence-electron chi connectivity index (χ4n) is 4.56. The number of carbonyl (C=O) groups is 1. The quantitative estimate of drug-likeness (QED) is 0.0268. The normalized spacial score (nSPS) is 14.7. The number of phosphoric acid groups is 1. The van der Waals surface area contributed by atoms with E-state index in [1.807, 2.05) is 0 Å². The van der Waals surface area contributed by atoms with Crippen molar-refractivity contribution in [1.29, 1.82) is 0 Å². The molecular formula is C35H67O9P. The van der Waals surface area contributed by atoms with Crippen molar-refractivity contribution in [1.82, 2.24) is 0 Å². The van der Waals surface area contributed by atoms with Gasteiger partial charge in [0.05, 0.1) is 26.4 Å². The van der Waals surface area contributed by atoms with Crippen molar-refractivity contribution in [3.05, 3.63) is 24.3 Å². The Hall–Kier alpha value is -1.06. The number of rotatable bonds is 34. The van der Waals surface area contributed by atoms with E-state index in [4.69, 9.17) is 23.6 Å². The third-order valence-electron chi connectivity index (χ3n) is 7.36. The summed E-state index contributed by atoms with van der Waals surface area (Å²) in [5, 5.41) is 18.2. The fraction of sp³-hybridized carbons (Fsp3) is 0.857. The van der Waals surface area contributed by atoms with Gasteiger partial charge in [0.1, 0.15) is 12.2 Å². The van der Waals surface area contributed by atoms with E-state index in [1.54, 1.807) is 0 Å². The monoisotopic (exact) mass is 662 g/mol. The molecule has 0 aliphatic rings. The van der Waals surface area contributed by atoms with Crippen LogP contribution in [0.25, 0.3) is 0 Å². The van der Waals surface area contributed by atoms with Crippen molar-refractivity contribution >= 4 is 13.8 Å². The van der Waals surface area contributed by atoms with Gasteiger partial charge in [-0.2, -0.15) is 0 Å². The minimum Gasteiger partial charge on any atom is -0.457 e. The molecule has 3 atom stereocenters. The highest BCUT2D eigenvalue weighted by Crippen LogP contribution is 2.43. The first-order chi connectivity index (χ1) is 21.8. The summed E-state index contributed by atoms with van der Waals surface area (Å²) in [5.41, 5.74) is 0. The van der Waals surface area contributed by atoms with E-state index in [1.165, 1.54) is 57.8 Å². The molecule has 10 heteroatoms. The van der Waals surface area contributed by atoms with Crippen LogP contribution in [-0.4, -0.2) is 66.3 Å². The molecule has 266 valence electrons. The zero-order valence-corrected chi connectivity index (χ0v) is 29.5. The van der Waals surface area contributed by atoms with Crippen LogP contribution in [0.15, 0.2) is 24.3 Å². The number of carbonyl (C=O) groups excluding carboxylic acids is 1. The Morgan fingerprint density at radius 3 is 1.73 bits per heavy atom. The van der Waals surface area contributed by atoms with Gasteiger partial charge in [-0.05, 0) is 57.8 Å². The SMILES string of the molecule is CCCC/C=C\CCCCCCCC(=O)OC(COCCCCCCCC/C=C\CCCCC)COP(=O)(O)OCC(O)CO. The lowest BCUT2D eigenvalue weighted by atomic mass is 10.1. The Morgan fingerprint density at radius 1 is 0.667 bits per heavy atom. The van der Waals surface area contributed by atoms with E-state index in [0.29, 0.717) is 6.61 Å². The second-order valence-electron chi connectivity index (χ2n) is 11.9. The molecular weight excluding hydrogens is 595 g/mol. The first-order valence-corrected chi connectivity index (χ1v) is 19.3. The molecule has 0 bridgehead atoms. The van der Waals surface area contributed by atoms with E-state index < -0.39 is 39.2 Å². The van der Waals surface area contributed by atoms with Crippen LogP contribution in [-0.2, 0) is 27.9 Å². The molecule has 9 nitrogen and oxygen atoms in total. The molecule has 0 aromatic heterocycles. The number of unbranched alkanes of at least 4 members (excludes halogenated alkanes) is 16. The molecule has 0 aliphatic heterocycles. The smallest absolute Gasteiger partial charge is 0.457 e. The highest BCUT2D eigenvalue weighted by Gasteiger charge is 2.26. The van der Waals surface area contributed by atoms with E-state index in [9.17, 15) is 19.4 Å². The summed E-state index contributed by atoms with van der Waals surface area (Å²) in [6.45, 7) is 3.41. The van der Waals surface area contributed by atoms with E-state index in [-0.39, 0.29) is 19.6 Å². The van der Waals surface area contributed by atoms with Crippen LogP contribution in [0.3, 0.4) is 0 Å². The van der Waals surface area contributed by atoms with Crippen molar-refractivity contribution < 1.29 is 43.0 Å². The van der Waals surface area contributed by atoms with E-state index in [2.05, 4.69) is 38.2 Å². The molecule has 0 fully saturated rings. The van der Waals surface area contributed by atoms with E-state index in [0.717, 1.165) is 70.6 Å². The maximum absolute atomic E-state index is 12.5. The lowest BCUT2D eigenvalue weighted by molar-refractivity contribution is -0.154. The molecule has 45 heavy (non-hydrogen) atoms. The fourth-order valence-corrected chi connectivity index (χ4v) is 5.35. The van der Waals surface area contributed by atoms with Crippen LogP contribution in [0.5, 0.6) is 0 Å². The Labute approximate surface area is 274 Å². The minimum absolute atomic E-state index is 0.0430. The molecule has 0 saturated carbocycles. The average molecular weight is 663 g/mol. The summed E-state index contributed by atoms with van der Waals surface area (Å²) in [5.74, 6) is -0.397. The second-order valence-corrected chi connectivity index (χ2v) is 13.3. The number of allylic oxidation sites excluding steroid dienone is 4. The number of esters is 1. The minimum atomic E-state index is -4.51. The highest BCUT2D eigenvalue weighted by molar-refractivity contribution is 7.47. The predicted octanol–water partition coefficient (Wildman–Crippen LogP) is 8.75. The third kappa shape index (κ3) is 32.7. The number of phosphoric ester groups is 1. The maximum atomic E-state index is 12.5. The molecule has 0 aromatic rings. The van der Waals surface area contributed by atoms with Crippen molar-refractivity contribution in [3.8, 4) is 0 Å². The van der Waals surface area contributed by atoms with Gasteiger partial charge >= 0.3 is 13.8 Å². The van der Waals surface area contributed by atoms with Gasteiger partial charge in [-0.1, -0.05) is 109 Å². The van der Waals surface area contributed by atoms with Gasteiger partial charge in [0, 0.05) is 13.0 Å². The largest absolute Gasteiger partial charge is 0.472 e. The highest BCUT2D eigenvalue weighted by atomic mass is 31.2. The van der Waals surface area contributed by atoms with Crippen LogP contribution in [0, 0.1) is 0 Å². The lowest BCUT2D eigenvalue weighted by Crippen LogP contribution is -2.29. The van der Waals surface area contributed by atoms with Crippen LogP contribution < -0.4 is 0 Å². The number of aliphatic hydroxyl groups is 2. The Morgan fingerprint density at radius 2 is 1.16 bits per heavy atom. The van der Waals surface area contributed by atoms with Crippen LogP contribution >= 0.6 is 7.82 Å². The maximum Gasteiger partial charge on any atom is 0.472 e. The van der Waals surface area contributed by atoms with Crippen molar-refractivity contribution in [3.63, 3.8) is 0 Å². The molecule has 0 amide bonds.